The van der Waals surface area contributed by atoms with E-state index >= 15 is 0 Å². The highest BCUT2D eigenvalue weighted by Gasteiger charge is 2.08. The van der Waals surface area contributed by atoms with E-state index in [1.807, 2.05) is 6.92 Å². The fourth-order valence-corrected chi connectivity index (χ4v) is 1.46. The molecule has 0 atom stereocenters. The van der Waals surface area contributed by atoms with Gasteiger partial charge in [0.15, 0.2) is 11.6 Å². The normalized spacial score (nSPS) is 17.4. The van der Waals surface area contributed by atoms with Crippen LogP contribution in [0.3, 0.4) is 0 Å². The first-order valence-electron chi connectivity index (χ1n) is 5.07. The van der Waals surface area contributed by atoms with Gasteiger partial charge in [-0.2, -0.15) is 0 Å². The fraction of sp³-hybridized carbons (Fsp3) is 0.0833. The molecule has 0 amide bonds. The van der Waals surface area contributed by atoms with E-state index in [-0.39, 0.29) is 11.6 Å². The molecule has 1 aromatic heterocycles. The van der Waals surface area contributed by atoms with Gasteiger partial charge in [-0.15, -0.1) is 0 Å². The van der Waals surface area contributed by atoms with Crippen LogP contribution >= 0.6 is 0 Å². The van der Waals surface area contributed by atoms with Crippen LogP contribution in [0.2, 0.25) is 0 Å². The van der Waals surface area contributed by atoms with Crippen molar-refractivity contribution in [3.8, 4) is 0 Å². The summed E-state index contributed by atoms with van der Waals surface area (Å²) in [4.78, 5) is 19.4. The lowest BCUT2D eigenvalue weighted by atomic mass is 10.0. The number of aromatic nitrogens is 1. The van der Waals surface area contributed by atoms with Gasteiger partial charge in [0.05, 0.1) is 5.71 Å². The van der Waals surface area contributed by atoms with Crippen LogP contribution in [-0.2, 0) is 4.79 Å². The molecule has 0 radical (unpaired) electrons. The summed E-state index contributed by atoms with van der Waals surface area (Å²) in [7, 11) is 0. The predicted octanol–water partition coefficient (Wildman–Crippen LogP) is 1.40. The summed E-state index contributed by atoms with van der Waals surface area (Å²) in [6.07, 6.45) is 4.65. The quantitative estimate of drug-likeness (QED) is 0.710. The molecule has 4 N–H and O–H groups in total. The Bertz CT molecular complexity index is 570. The number of carbonyl (C=O) groups is 1. The zero-order valence-corrected chi connectivity index (χ0v) is 9.34. The SMILES string of the molecule is CC1=CC(=O)C=CC1=Nc1ccc(N)nc1N. The molecule has 86 valence electrons. The summed E-state index contributed by atoms with van der Waals surface area (Å²) in [5.41, 5.74) is 13.2. The maximum Gasteiger partial charge on any atom is 0.179 e. The first-order valence-corrected chi connectivity index (χ1v) is 5.07. The third-order valence-electron chi connectivity index (χ3n) is 2.33. The van der Waals surface area contributed by atoms with Gasteiger partial charge < -0.3 is 11.5 Å². The van der Waals surface area contributed by atoms with Gasteiger partial charge in [0.1, 0.15) is 11.5 Å². The molecule has 0 unspecified atom stereocenters. The molecule has 0 spiro atoms. The summed E-state index contributed by atoms with van der Waals surface area (Å²) < 4.78 is 0. The highest BCUT2D eigenvalue weighted by Crippen LogP contribution is 2.22. The van der Waals surface area contributed by atoms with Gasteiger partial charge >= 0.3 is 0 Å². The molecule has 1 heterocycles. The Hall–Kier alpha value is -2.43. The van der Waals surface area contributed by atoms with Crippen LogP contribution in [0.1, 0.15) is 6.92 Å². The van der Waals surface area contributed by atoms with E-state index in [9.17, 15) is 4.79 Å². The minimum Gasteiger partial charge on any atom is -0.384 e. The van der Waals surface area contributed by atoms with Gasteiger partial charge in [-0.1, -0.05) is 0 Å². The number of hydrogen-bond acceptors (Lipinski definition) is 5. The number of nitrogens with zero attached hydrogens (tertiary/aromatic N) is 2. The Balaban J connectivity index is 2.40. The largest absolute Gasteiger partial charge is 0.384 e. The Morgan fingerprint density at radius 2 is 2.00 bits per heavy atom. The summed E-state index contributed by atoms with van der Waals surface area (Å²) in [6, 6.07) is 3.33. The zero-order valence-electron chi connectivity index (χ0n) is 9.34. The van der Waals surface area contributed by atoms with Gasteiger partial charge in [0.25, 0.3) is 0 Å². The van der Waals surface area contributed by atoms with Crippen LogP contribution in [0.5, 0.6) is 0 Å². The number of aliphatic imine (C=N–C) groups is 1. The van der Waals surface area contributed by atoms with Crippen molar-refractivity contribution in [2.24, 2.45) is 4.99 Å². The molecule has 0 saturated heterocycles. The topological polar surface area (TPSA) is 94.4 Å². The summed E-state index contributed by atoms with van der Waals surface area (Å²) in [5.74, 6) is 0.591. The summed E-state index contributed by atoms with van der Waals surface area (Å²) >= 11 is 0. The smallest absolute Gasteiger partial charge is 0.179 e. The van der Waals surface area contributed by atoms with Gasteiger partial charge in [-0.05, 0) is 42.9 Å². The molecule has 5 nitrogen and oxygen atoms in total. The number of anilines is 2. The number of ketones is 1. The third-order valence-corrected chi connectivity index (χ3v) is 2.33. The minimum absolute atomic E-state index is 0.0372. The molecular formula is C12H12N4O. The fourth-order valence-electron chi connectivity index (χ4n) is 1.46. The van der Waals surface area contributed by atoms with Crippen molar-refractivity contribution >= 4 is 28.8 Å². The number of pyridine rings is 1. The van der Waals surface area contributed by atoms with Gasteiger partial charge in [-0.3, -0.25) is 4.79 Å². The summed E-state index contributed by atoms with van der Waals surface area (Å²) in [5, 5.41) is 0. The number of carbonyl (C=O) groups excluding carboxylic acids is 1. The van der Waals surface area contributed by atoms with Crippen molar-refractivity contribution in [2.45, 2.75) is 6.92 Å². The predicted molar refractivity (Wildman–Crippen MR) is 68.1 cm³/mol. The van der Waals surface area contributed by atoms with Gasteiger partial charge in [0.2, 0.25) is 0 Å². The second-order valence-electron chi connectivity index (χ2n) is 3.70. The molecular weight excluding hydrogens is 216 g/mol. The standard InChI is InChI=1S/C12H12N4O/c1-7-6-8(17)2-3-9(7)15-10-4-5-11(13)16-12(10)14/h2-6H,1H3,(H4,13,14,16). The molecule has 0 fully saturated rings. The molecule has 1 aliphatic rings. The molecule has 5 heteroatoms. The number of allylic oxidation sites excluding steroid dienone is 4. The molecule has 0 aromatic carbocycles. The summed E-state index contributed by atoms with van der Waals surface area (Å²) in [6.45, 7) is 1.82. The molecule has 0 bridgehead atoms. The Labute approximate surface area is 98.6 Å². The lowest BCUT2D eigenvalue weighted by Crippen LogP contribution is -2.05. The van der Waals surface area contributed by atoms with Crippen LogP contribution < -0.4 is 11.5 Å². The average molecular weight is 228 g/mol. The van der Waals surface area contributed by atoms with Gasteiger partial charge in [-0.25, -0.2) is 9.98 Å². The van der Waals surface area contributed by atoms with Crippen molar-refractivity contribution in [3.63, 3.8) is 0 Å². The lowest BCUT2D eigenvalue weighted by molar-refractivity contribution is -0.110. The van der Waals surface area contributed by atoms with E-state index in [1.54, 1.807) is 18.2 Å². The van der Waals surface area contributed by atoms with Crippen molar-refractivity contribution in [3.05, 3.63) is 35.9 Å². The van der Waals surface area contributed by atoms with E-state index in [0.29, 0.717) is 17.2 Å². The second kappa shape index (κ2) is 4.21. The van der Waals surface area contributed by atoms with Crippen LogP contribution in [0.4, 0.5) is 17.3 Å². The number of hydrogen-bond donors (Lipinski definition) is 2. The molecule has 0 aliphatic heterocycles. The maximum atomic E-state index is 11.1. The van der Waals surface area contributed by atoms with E-state index in [1.165, 1.54) is 12.2 Å². The average Bonchev–Trinajstić information content (AvgIpc) is 2.25. The van der Waals surface area contributed by atoms with E-state index in [0.717, 1.165) is 5.57 Å². The lowest BCUT2D eigenvalue weighted by Gasteiger charge is -2.07. The Kier molecular flexibility index (Phi) is 2.74. The molecule has 17 heavy (non-hydrogen) atoms. The van der Waals surface area contributed by atoms with Crippen LogP contribution in [-0.4, -0.2) is 16.5 Å². The molecule has 1 aromatic rings. The van der Waals surface area contributed by atoms with Crippen molar-refractivity contribution in [1.29, 1.82) is 0 Å². The van der Waals surface area contributed by atoms with E-state index in [2.05, 4.69) is 9.98 Å². The number of nitrogens with two attached hydrogens (primary N) is 2. The first kappa shape index (κ1) is 11.1. The minimum atomic E-state index is -0.0372. The van der Waals surface area contributed by atoms with Crippen LogP contribution in [0.15, 0.2) is 40.9 Å². The molecule has 1 aliphatic carbocycles. The van der Waals surface area contributed by atoms with Crippen molar-refractivity contribution in [1.82, 2.24) is 4.98 Å². The molecule has 0 saturated carbocycles. The van der Waals surface area contributed by atoms with Gasteiger partial charge in [0, 0.05) is 0 Å². The van der Waals surface area contributed by atoms with Crippen molar-refractivity contribution < 1.29 is 4.79 Å². The number of rotatable bonds is 1. The molecule has 2 rings (SSSR count). The monoisotopic (exact) mass is 228 g/mol. The maximum absolute atomic E-state index is 11.1. The third kappa shape index (κ3) is 2.39. The number of nitrogen functional groups attached to an aromatic ring is 2. The Morgan fingerprint density at radius 3 is 2.65 bits per heavy atom. The Morgan fingerprint density at radius 1 is 1.24 bits per heavy atom. The van der Waals surface area contributed by atoms with E-state index < -0.39 is 0 Å². The zero-order chi connectivity index (χ0) is 12.4. The highest BCUT2D eigenvalue weighted by molar-refractivity contribution is 6.20. The second-order valence-corrected chi connectivity index (χ2v) is 3.70. The van der Waals surface area contributed by atoms with Crippen molar-refractivity contribution in [2.75, 3.05) is 11.5 Å². The van der Waals surface area contributed by atoms with Crippen LogP contribution in [0, 0.1) is 0 Å². The van der Waals surface area contributed by atoms with Crippen LogP contribution in [0.25, 0.3) is 0 Å². The van der Waals surface area contributed by atoms with E-state index in [4.69, 9.17) is 11.5 Å². The first-order chi connectivity index (χ1) is 8.06. The highest BCUT2D eigenvalue weighted by atomic mass is 16.1.